The van der Waals surface area contributed by atoms with Crippen molar-refractivity contribution in [3.05, 3.63) is 23.3 Å². The number of thiophene rings is 1. The Morgan fingerprint density at radius 3 is 2.89 bits per heavy atom. The summed E-state index contributed by atoms with van der Waals surface area (Å²) in [5.74, 6) is 1.71. The van der Waals surface area contributed by atoms with Crippen molar-refractivity contribution in [2.75, 3.05) is 0 Å². The van der Waals surface area contributed by atoms with Gasteiger partial charge in [-0.05, 0) is 24.3 Å². The van der Waals surface area contributed by atoms with Crippen molar-refractivity contribution >= 4 is 11.3 Å². The molecule has 0 spiro atoms. The second kappa shape index (κ2) is 4.82. The van der Waals surface area contributed by atoms with E-state index in [4.69, 9.17) is 5.73 Å². The van der Waals surface area contributed by atoms with E-state index in [0.29, 0.717) is 0 Å². The van der Waals surface area contributed by atoms with Crippen molar-refractivity contribution in [3.8, 4) is 10.7 Å². The van der Waals surface area contributed by atoms with Gasteiger partial charge in [0.1, 0.15) is 5.82 Å². The summed E-state index contributed by atoms with van der Waals surface area (Å²) in [7, 11) is 0. The molecule has 2 aromatic heterocycles. The molecule has 3 rings (SSSR count). The molecule has 5 heteroatoms. The minimum atomic E-state index is -0.0789. The molecule has 1 saturated carbocycles. The zero-order valence-corrected chi connectivity index (χ0v) is 11.2. The van der Waals surface area contributed by atoms with Gasteiger partial charge in [-0.2, -0.15) is 5.10 Å². The highest BCUT2D eigenvalue weighted by Gasteiger charge is 2.28. The van der Waals surface area contributed by atoms with Gasteiger partial charge in [-0.25, -0.2) is 4.98 Å². The predicted octanol–water partition coefficient (Wildman–Crippen LogP) is 2.74. The normalized spacial score (nSPS) is 18.9. The molecule has 0 amide bonds. The molecule has 2 aromatic rings. The molecule has 1 aliphatic carbocycles. The maximum atomic E-state index is 6.43. The molecule has 4 nitrogen and oxygen atoms in total. The molecular weight excluding hydrogens is 244 g/mol. The van der Waals surface area contributed by atoms with Crippen LogP contribution in [0.1, 0.15) is 37.9 Å². The fourth-order valence-corrected chi connectivity index (χ4v) is 3.31. The molecule has 18 heavy (non-hydrogen) atoms. The van der Waals surface area contributed by atoms with E-state index in [1.165, 1.54) is 19.3 Å². The van der Waals surface area contributed by atoms with Crippen molar-refractivity contribution in [2.24, 2.45) is 5.73 Å². The SMILES string of the molecule is NC1(Cc2nc(-c3cccs3)n[nH]2)CCCCC1. The van der Waals surface area contributed by atoms with E-state index in [-0.39, 0.29) is 5.54 Å². The molecule has 0 atom stereocenters. The summed E-state index contributed by atoms with van der Waals surface area (Å²) in [6, 6.07) is 4.05. The zero-order chi connectivity index (χ0) is 12.4. The Morgan fingerprint density at radius 2 is 2.17 bits per heavy atom. The standard InChI is InChI=1S/C13H18N4S/c14-13(6-2-1-3-7-13)9-11-15-12(17-16-11)10-5-4-8-18-10/h4-5,8H,1-3,6-7,9,14H2,(H,15,16,17). The third kappa shape index (κ3) is 2.47. The summed E-state index contributed by atoms with van der Waals surface area (Å²) in [5, 5.41) is 9.34. The maximum absolute atomic E-state index is 6.43. The second-order valence-electron chi connectivity index (χ2n) is 5.18. The number of aromatic nitrogens is 3. The van der Waals surface area contributed by atoms with Gasteiger partial charge in [0.25, 0.3) is 0 Å². The molecule has 0 unspecified atom stereocenters. The minimum Gasteiger partial charge on any atom is -0.325 e. The van der Waals surface area contributed by atoms with Crippen LogP contribution in [0.25, 0.3) is 10.7 Å². The number of nitrogens with two attached hydrogens (primary N) is 1. The van der Waals surface area contributed by atoms with Crippen molar-refractivity contribution < 1.29 is 0 Å². The highest BCUT2D eigenvalue weighted by molar-refractivity contribution is 7.13. The van der Waals surface area contributed by atoms with Crippen LogP contribution in [0.5, 0.6) is 0 Å². The number of H-pyrrole nitrogens is 1. The molecule has 2 heterocycles. The van der Waals surface area contributed by atoms with Crippen LogP contribution in [0.4, 0.5) is 0 Å². The van der Waals surface area contributed by atoms with E-state index in [0.717, 1.165) is 35.8 Å². The summed E-state index contributed by atoms with van der Waals surface area (Å²) in [6.07, 6.45) is 6.80. The van der Waals surface area contributed by atoms with E-state index < -0.39 is 0 Å². The molecule has 0 bridgehead atoms. The second-order valence-corrected chi connectivity index (χ2v) is 6.13. The van der Waals surface area contributed by atoms with E-state index in [1.807, 2.05) is 17.5 Å². The number of aromatic amines is 1. The Kier molecular flexibility index (Phi) is 3.18. The molecule has 1 fully saturated rings. The van der Waals surface area contributed by atoms with E-state index in [2.05, 4.69) is 15.2 Å². The van der Waals surface area contributed by atoms with Crippen LogP contribution in [-0.4, -0.2) is 20.7 Å². The van der Waals surface area contributed by atoms with E-state index >= 15 is 0 Å². The van der Waals surface area contributed by atoms with Gasteiger partial charge in [0.2, 0.25) is 0 Å². The summed E-state index contributed by atoms with van der Waals surface area (Å²) in [6.45, 7) is 0. The van der Waals surface area contributed by atoms with Crippen molar-refractivity contribution in [1.82, 2.24) is 15.2 Å². The average molecular weight is 262 g/mol. The van der Waals surface area contributed by atoms with Crippen LogP contribution in [0.15, 0.2) is 17.5 Å². The Morgan fingerprint density at radius 1 is 1.33 bits per heavy atom. The molecule has 0 aromatic carbocycles. The van der Waals surface area contributed by atoms with Crippen molar-refractivity contribution in [3.63, 3.8) is 0 Å². The Hall–Kier alpha value is -1.20. The third-order valence-electron chi connectivity index (χ3n) is 3.64. The summed E-state index contributed by atoms with van der Waals surface area (Å²) >= 11 is 1.66. The van der Waals surface area contributed by atoms with Gasteiger partial charge in [0, 0.05) is 12.0 Å². The number of nitrogens with zero attached hydrogens (tertiary/aromatic N) is 2. The molecular formula is C13H18N4S. The summed E-state index contributed by atoms with van der Waals surface area (Å²) < 4.78 is 0. The van der Waals surface area contributed by atoms with Gasteiger partial charge >= 0.3 is 0 Å². The van der Waals surface area contributed by atoms with Crippen LogP contribution in [0.3, 0.4) is 0 Å². The minimum absolute atomic E-state index is 0.0789. The molecule has 96 valence electrons. The maximum Gasteiger partial charge on any atom is 0.191 e. The van der Waals surface area contributed by atoms with Gasteiger partial charge < -0.3 is 5.73 Å². The monoisotopic (exact) mass is 262 g/mol. The Balaban J connectivity index is 1.73. The molecule has 0 radical (unpaired) electrons. The zero-order valence-electron chi connectivity index (χ0n) is 10.4. The number of hydrogen-bond acceptors (Lipinski definition) is 4. The first-order chi connectivity index (χ1) is 8.75. The predicted molar refractivity (Wildman–Crippen MR) is 73.4 cm³/mol. The first-order valence-corrected chi connectivity index (χ1v) is 7.37. The quantitative estimate of drug-likeness (QED) is 0.893. The lowest BCUT2D eigenvalue weighted by atomic mass is 9.80. The third-order valence-corrected chi connectivity index (χ3v) is 4.51. The molecule has 1 aliphatic rings. The van der Waals surface area contributed by atoms with Gasteiger partial charge in [0.05, 0.1) is 4.88 Å². The first-order valence-electron chi connectivity index (χ1n) is 6.49. The highest BCUT2D eigenvalue weighted by atomic mass is 32.1. The van der Waals surface area contributed by atoms with Crippen molar-refractivity contribution in [1.29, 1.82) is 0 Å². The fourth-order valence-electron chi connectivity index (χ4n) is 2.66. The van der Waals surface area contributed by atoms with Crippen LogP contribution >= 0.6 is 11.3 Å². The fraction of sp³-hybridized carbons (Fsp3) is 0.538. The van der Waals surface area contributed by atoms with Crippen LogP contribution in [0, 0.1) is 0 Å². The average Bonchev–Trinajstić information content (AvgIpc) is 2.99. The van der Waals surface area contributed by atoms with Crippen LogP contribution in [0.2, 0.25) is 0 Å². The van der Waals surface area contributed by atoms with Gasteiger partial charge in [-0.1, -0.05) is 25.3 Å². The van der Waals surface area contributed by atoms with Crippen LogP contribution in [-0.2, 0) is 6.42 Å². The van der Waals surface area contributed by atoms with Crippen molar-refractivity contribution in [2.45, 2.75) is 44.1 Å². The number of rotatable bonds is 3. The van der Waals surface area contributed by atoms with E-state index in [1.54, 1.807) is 11.3 Å². The smallest absolute Gasteiger partial charge is 0.191 e. The van der Waals surface area contributed by atoms with Gasteiger partial charge in [-0.3, -0.25) is 5.10 Å². The van der Waals surface area contributed by atoms with Crippen LogP contribution < -0.4 is 5.73 Å². The summed E-state index contributed by atoms with van der Waals surface area (Å²) in [5.41, 5.74) is 6.35. The van der Waals surface area contributed by atoms with Gasteiger partial charge in [-0.15, -0.1) is 11.3 Å². The Bertz CT molecular complexity index is 497. The first kappa shape index (κ1) is 11.9. The number of nitrogens with one attached hydrogen (secondary N) is 1. The molecule has 0 aliphatic heterocycles. The topological polar surface area (TPSA) is 67.6 Å². The molecule has 3 N–H and O–H groups in total. The molecule has 0 saturated heterocycles. The lowest BCUT2D eigenvalue weighted by Gasteiger charge is -2.32. The largest absolute Gasteiger partial charge is 0.325 e. The highest BCUT2D eigenvalue weighted by Crippen LogP contribution is 2.29. The lowest BCUT2D eigenvalue weighted by Crippen LogP contribution is -2.44. The lowest BCUT2D eigenvalue weighted by molar-refractivity contribution is 0.290. The Labute approximate surface area is 111 Å². The van der Waals surface area contributed by atoms with E-state index in [9.17, 15) is 0 Å². The number of hydrogen-bond donors (Lipinski definition) is 2. The summed E-state index contributed by atoms with van der Waals surface area (Å²) in [4.78, 5) is 5.66. The van der Waals surface area contributed by atoms with Gasteiger partial charge in [0.15, 0.2) is 5.82 Å².